The Hall–Kier alpha value is -1.74. The molecule has 0 aliphatic rings. The first-order chi connectivity index (χ1) is 6.86. The number of pyridine rings is 1. The van der Waals surface area contributed by atoms with Crippen molar-refractivity contribution in [1.82, 2.24) is 9.66 Å². The highest BCUT2D eigenvalue weighted by Gasteiger charge is 2.03. The number of rotatable bonds is 0. The lowest BCUT2D eigenvalue weighted by Gasteiger charge is -2.01. The van der Waals surface area contributed by atoms with Gasteiger partial charge in [0.25, 0.3) is 0 Å². The molecule has 0 bridgehead atoms. The Labute approximate surface area is 92.9 Å². The van der Waals surface area contributed by atoms with Crippen molar-refractivity contribution in [2.45, 2.75) is 0 Å². The Kier molecular flexibility index (Phi) is 2.25. The van der Waals surface area contributed by atoms with E-state index in [9.17, 15) is 0 Å². The van der Waals surface area contributed by atoms with E-state index in [0.29, 0.717) is 0 Å². The van der Waals surface area contributed by atoms with Crippen molar-refractivity contribution in [3.05, 3.63) is 42.7 Å². The van der Waals surface area contributed by atoms with Gasteiger partial charge < -0.3 is 5.84 Å². The van der Waals surface area contributed by atoms with Crippen LogP contribution in [-0.2, 0) is 0 Å². The highest BCUT2D eigenvalue weighted by Crippen LogP contribution is 2.22. The summed E-state index contributed by atoms with van der Waals surface area (Å²) in [5.41, 5.74) is 2.01. The largest absolute Gasteiger partial charge is 0.339 e. The minimum Gasteiger partial charge on any atom is -0.339 e. The summed E-state index contributed by atoms with van der Waals surface area (Å²) < 4.78 is 1.64. The number of halogens is 1. The fraction of sp³-hybridized carbons (Fsp3) is 0. The summed E-state index contributed by atoms with van der Waals surface area (Å²) in [6.07, 6.45) is 3.69. The highest BCUT2D eigenvalue weighted by molar-refractivity contribution is 6.03. The van der Waals surface area contributed by atoms with E-state index in [1.807, 2.05) is 42.7 Å². The first-order valence-corrected chi connectivity index (χ1v) is 4.46. The molecule has 2 N–H and O–H groups in total. The zero-order valence-corrected chi connectivity index (χ0v) is 8.74. The highest BCUT2D eigenvalue weighted by atomic mass is 35.5. The maximum atomic E-state index is 5.83. The van der Waals surface area contributed by atoms with Crippen LogP contribution in [0.4, 0.5) is 0 Å². The van der Waals surface area contributed by atoms with Gasteiger partial charge >= 0.3 is 0 Å². The smallest absolute Gasteiger partial charge is 0.0799 e. The molecule has 1 aromatic carbocycles. The molecule has 3 nitrogen and oxygen atoms in total. The standard InChI is InChI=1S/C11H9N3.ClH/c12-14-6-5-8-7-13-10-4-2-1-3-9(10)11(8)14;/h1-7H,12H2;1H. The quantitative estimate of drug-likeness (QED) is 0.590. The van der Waals surface area contributed by atoms with E-state index in [2.05, 4.69) is 4.98 Å². The van der Waals surface area contributed by atoms with Gasteiger partial charge in [-0.05, 0) is 12.1 Å². The van der Waals surface area contributed by atoms with Crippen LogP contribution in [-0.4, -0.2) is 9.66 Å². The topological polar surface area (TPSA) is 43.8 Å². The number of fused-ring (bicyclic) bond motifs is 3. The molecular weight excluding hydrogens is 210 g/mol. The van der Waals surface area contributed by atoms with Crippen molar-refractivity contribution in [2.24, 2.45) is 0 Å². The normalized spacial score (nSPS) is 10.4. The van der Waals surface area contributed by atoms with Gasteiger partial charge in [0.1, 0.15) is 0 Å². The summed E-state index contributed by atoms with van der Waals surface area (Å²) in [5, 5.41) is 2.17. The molecule has 3 rings (SSSR count). The Bertz CT molecular complexity index is 615. The van der Waals surface area contributed by atoms with Gasteiger partial charge in [-0.1, -0.05) is 18.2 Å². The predicted molar refractivity (Wildman–Crippen MR) is 64.6 cm³/mol. The Morgan fingerprint density at radius 2 is 1.93 bits per heavy atom. The Morgan fingerprint density at radius 3 is 2.80 bits per heavy atom. The van der Waals surface area contributed by atoms with E-state index in [0.717, 1.165) is 21.8 Å². The number of nitrogens with two attached hydrogens (primary N) is 1. The maximum absolute atomic E-state index is 5.83. The first-order valence-electron chi connectivity index (χ1n) is 4.46. The van der Waals surface area contributed by atoms with Crippen LogP contribution in [0.3, 0.4) is 0 Å². The van der Waals surface area contributed by atoms with Crippen molar-refractivity contribution in [2.75, 3.05) is 5.84 Å². The zero-order chi connectivity index (χ0) is 9.54. The van der Waals surface area contributed by atoms with Gasteiger partial charge in [0.15, 0.2) is 0 Å². The SMILES string of the molecule is Cl.Nn1ccc2cnc3ccccc3c21. The molecule has 15 heavy (non-hydrogen) atoms. The summed E-state index contributed by atoms with van der Waals surface area (Å²) in [6, 6.07) is 9.96. The summed E-state index contributed by atoms with van der Waals surface area (Å²) >= 11 is 0. The number of benzene rings is 1. The lowest BCUT2D eigenvalue weighted by molar-refractivity contribution is 1.07. The van der Waals surface area contributed by atoms with Crippen molar-refractivity contribution < 1.29 is 0 Å². The second-order valence-corrected chi connectivity index (χ2v) is 3.30. The number of nitrogens with zero attached hydrogens (tertiary/aromatic N) is 2. The number of para-hydroxylation sites is 1. The van der Waals surface area contributed by atoms with Crippen molar-refractivity contribution in [3.63, 3.8) is 0 Å². The fourth-order valence-corrected chi connectivity index (χ4v) is 1.79. The Balaban J connectivity index is 0.000000853. The van der Waals surface area contributed by atoms with Gasteiger partial charge in [0, 0.05) is 23.2 Å². The molecular formula is C11H10ClN3. The third-order valence-electron chi connectivity index (χ3n) is 2.45. The van der Waals surface area contributed by atoms with E-state index < -0.39 is 0 Å². The van der Waals surface area contributed by atoms with E-state index in [1.165, 1.54) is 0 Å². The number of aromatic nitrogens is 2. The molecule has 0 saturated carbocycles. The summed E-state index contributed by atoms with van der Waals surface area (Å²) in [7, 11) is 0. The van der Waals surface area contributed by atoms with E-state index >= 15 is 0 Å². The van der Waals surface area contributed by atoms with Gasteiger partial charge in [0.2, 0.25) is 0 Å². The molecule has 4 heteroatoms. The molecule has 0 radical (unpaired) electrons. The van der Waals surface area contributed by atoms with Gasteiger partial charge in [-0.25, -0.2) is 0 Å². The lowest BCUT2D eigenvalue weighted by Crippen LogP contribution is -2.05. The maximum Gasteiger partial charge on any atom is 0.0799 e. The second kappa shape index (κ2) is 3.44. The minimum atomic E-state index is 0. The molecule has 2 heterocycles. The minimum absolute atomic E-state index is 0. The molecule has 3 aromatic rings. The molecule has 0 saturated heterocycles. The lowest BCUT2D eigenvalue weighted by atomic mass is 10.2. The first kappa shape index (κ1) is 9.80. The molecule has 76 valence electrons. The molecule has 0 amide bonds. The Morgan fingerprint density at radius 1 is 1.13 bits per heavy atom. The molecule has 0 fully saturated rings. The van der Waals surface area contributed by atoms with Gasteiger partial charge in [-0.2, -0.15) is 0 Å². The van der Waals surface area contributed by atoms with Crippen LogP contribution in [0.15, 0.2) is 42.7 Å². The van der Waals surface area contributed by atoms with Crippen LogP contribution in [0, 0.1) is 0 Å². The average molecular weight is 220 g/mol. The summed E-state index contributed by atoms with van der Waals surface area (Å²) in [4.78, 5) is 4.35. The van der Waals surface area contributed by atoms with Crippen molar-refractivity contribution in [3.8, 4) is 0 Å². The number of hydrogen-bond acceptors (Lipinski definition) is 2. The van der Waals surface area contributed by atoms with Gasteiger partial charge in [0.05, 0.1) is 11.0 Å². The average Bonchev–Trinajstić information content (AvgIpc) is 2.61. The molecule has 2 aromatic heterocycles. The fourth-order valence-electron chi connectivity index (χ4n) is 1.79. The third-order valence-corrected chi connectivity index (χ3v) is 2.45. The van der Waals surface area contributed by atoms with E-state index in [1.54, 1.807) is 4.68 Å². The molecule has 0 unspecified atom stereocenters. The molecule has 0 aliphatic carbocycles. The third kappa shape index (κ3) is 1.32. The van der Waals surface area contributed by atoms with Crippen molar-refractivity contribution in [1.29, 1.82) is 0 Å². The van der Waals surface area contributed by atoms with Crippen LogP contribution in [0.5, 0.6) is 0 Å². The van der Waals surface area contributed by atoms with Crippen molar-refractivity contribution >= 4 is 34.2 Å². The zero-order valence-electron chi connectivity index (χ0n) is 7.92. The van der Waals surface area contributed by atoms with Crippen LogP contribution in [0.25, 0.3) is 21.8 Å². The van der Waals surface area contributed by atoms with Crippen LogP contribution < -0.4 is 5.84 Å². The van der Waals surface area contributed by atoms with Crippen LogP contribution >= 0.6 is 12.4 Å². The number of nitrogen functional groups attached to an aromatic ring is 1. The van der Waals surface area contributed by atoms with E-state index in [4.69, 9.17) is 5.84 Å². The van der Waals surface area contributed by atoms with Gasteiger partial charge in [-0.15, -0.1) is 12.4 Å². The van der Waals surface area contributed by atoms with Crippen LogP contribution in [0.2, 0.25) is 0 Å². The predicted octanol–water partition coefficient (Wildman–Crippen LogP) is 2.33. The molecule has 0 atom stereocenters. The second-order valence-electron chi connectivity index (χ2n) is 3.30. The molecule has 0 spiro atoms. The van der Waals surface area contributed by atoms with E-state index in [-0.39, 0.29) is 12.4 Å². The van der Waals surface area contributed by atoms with Gasteiger partial charge in [-0.3, -0.25) is 9.66 Å². The summed E-state index contributed by atoms with van der Waals surface area (Å²) in [5.74, 6) is 5.83. The molecule has 0 aliphatic heterocycles. The number of hydrogen-bond donors (Lipinski definition) is 1. The monoisotopic (exact) mass is 219 g/mol. The van der Waals surface area contributed by atoms with Crippen LogP contribution in [0.1, 0.15) is 0 Å². The summed E-state index contributed by atoms with van der Waals surface area (Å²) in [6.45, 7) is 0.